The fraction of sp³-hybridized carbons (Fsp3) is 0.607. The largest absolute Gasteiger partial charge is 0.756 e. The molecule has 0 aromatic carbocycles. The van der Waals surface area contributed by atoms with Gasteiger partial charge in [-0.05, 0) is 96.3 Å². The van der Waals surface area contributed by atoms with Crippen LogP contribution in [-0.4, -0.2) is 70.0 Å². The summed E-state index contributed by atoms with van der Waals surface area (Å²) in [4.78, 5) is 37.5. The molecule has 0 spiro atoms. The molecule has 0 N–H and O–H groups in total. The summed E-state index contributed by atoms with van der Waals surface area (Å²) < 4.78 is 33.9. The van der Waals surface area contributed by atoms with E-state index in [0.717, 1.165) is 128 Å². The first kappa shape index (κ1) is 67.1. The minimum atomic E-state index is -4.64. The lowest BCUT2D eigenvalue weighted by Gasteiger charge is -2.28. The Morgan fingerprint density at radius 2 is 0.803 bits per heavy atom. The van der Waals surface area contributed by atoms with Crippen LogP contribution in [0.2, 0.25) is 0 Å². The van der Waals surface area contributed by atoms with Gasteiger partial charge in [0.25, 0.3) is 7.82 Å². The molecule has 0 bridgehead atoms. The fourth-order valence-electron chi connectivity index (χ4n) is 6.72. The molecule has 0 aliphatic rings. The van der Waals surface area contributed by atoms with E-state index in [-0.39, 0.29) is 26.1 Å². The van der Waals surface area contributed by atoms with Crippen LogP contribution in [0.4, 0.5) is 0 Å². The summed E-state index contributed by atoms with van der Waals surface area (Å²) in [6, 6.07) is 0. The minimum Gasteiger partial charge on any atom is -0.756 e. The Morgan fingerprint density at radius 3 is 1.20 bits per heavy atom. The van der Waals surface area contributed by atoms with Crippen molar-refractivity contribution in [3.05, 3.63) is 134 Å². The highest BCUT2D eigenvalue weighted by Gasteiger charge is 2.21. The Bertz CT molecular complexity index is 1660. The number of nitrogens with zero attached hydrogens (tertiary/aromatic N) is 1. The van der Waals surface area contributed by atoms with Gasteiger partial charge in [-0.2, -0.15) is 0 Å². The second kappa shape index (κ2) is 51.1. The normalized spacial score (nSPS) is 14.4. The molecule has 71 heavy (non-hydrogen) atoms. The van der Waals surface area contributed by atoms with Gasteiger partial charge in [-0.15, -0.1) is 0 Å². The van der Waals surface area contributed by atoms with Gasteiger partial charge in [0.15, 0.2) is 6.10 Å². The lowest BCUT2D eigenvalue weighted by Crippen LogP contribution is -2.37. The number of hydrogen-bond donors (Lipinski definition) is 0. The Kier molecular flexibility index (Phi) is 48.3. The Balaban J connectivity index is 4.12. The third-order valence-electron chi connectivity index (χ3n) is 10.9. The highest BCUT2D eigenvalue weighted by atomic mass is 31.2. The predicted octanol–water partition coefficient (Wildman–Crippen LogP) is 16.3. The van der Waals surface area contributed by atoms with Crippen molar-refractivity contribution in [2.24, 2.45) is 0 Å². The zero-order valence-electron chi connectivity index (χ0n) is 45.4. The van der Waals surface area contributed by atoms with Gasteiger partial charge in [-0.25, -0.2) is 0 Å². The van der Waals surface area contributed by atoms with Crippen molar-refractivity contribution in [2.75, 3.05) is 47.5 Å². The van der Waals surface area contributed by atoms with E-state index in [4.69, 9.17) is 18.5 Å². The maximum atomic E-state index is 12.7. The van der Waals surface area contributed by atoms with E-state index >= 15 is 0 Å². The molecule has 0 heterocycles. The third kappa shape index (κ3) is 55.3. The number of unbranched alkanes of at least 4 members (excludes halogenated alkanes) is 12. The molecule has 0 aliphatic carbocycles. The van der Waals surface area contributed by atoms with E-state index in [1.807, 2.05) is 21.1 Å². The van der Waals surface area contributed by atoms with Crippen LogP contribution in [0.1, 0.15) is 187 Å². The zero-order valence-corrected chi connectivity index (χ0v) is 46.3. The minimum absolute atomic E-state index is 0.0409. The van der Waals surface area contributed by atoms with Crippen LogP contribution in [0.15, 0.2) is 134 Å². The molecule has 402 valence electrons. The first-order valence-corrected chi connectivity index (χ1v) is 28.9. The second-order valence-electron chi connectivity index (χ2n) is 18.9. The van der Waals surface area contributed by atoms with Gasteiger partial charge in [0, 0.05) is 12.8 Å². The van der Waals surface area contributed by atoms with Crippen LogP contribution < -0.4 is 4.89 Å². The van der Waals surface area contributed by atoms with Crippen molar-refractivity contribution in [3.63, 3.8) is 0 Å². The summed E-state index contributed by atoms with van der Waals surface area (Å²) >= 11 is 0. The predicted molar refractivity (Wildman–Crippen MR) is 300 cm³/mol. The molecule has 0 amide bonds. The van der Waals surface area contributed by atoms with Gasteiger partial charge in [-0.3, -0.25) is 14.2 Å². The number of ether oxygens (including phenoxy) is 2. The van der Waals surface area contributed by atoms with E-state index in [9.17, 15) is 19.0 Å². The average Bonchev–Trinajstić information content (AvgIpc) is 3.33. The highest BCUT2D eigenvalue weighted by Crippen LogP contribution is 2.38. The molecular formula is C61H100NO8P. The van der Waals surface area contributed by atoms with Gasteiger partial charge in [0.1, 0.15) is 19.8 Å². The van der Waals surface area contributed by atoms with Crippen molar-refractivity contribution < 1.29 is 42.1 Å². The van der Waals surface area contributed by atoms with E-state index in [0.29, 0.717) is 17.4 Å². The molecule has 2 atom stereocenters. The monoisotopic (exact) mass is 1010 g/mol. The highest BCUT2D eigenvalue weighted by molar-refractivity contribution is 7.45. The summed E-state index contributed by atoms with van der Waals surface area (Å²) in [6.07, 6.45) is 73.8. The Morgan fingerprint density at radius 1 is 0.451 bits per heavy atom. The van der Waals surface area contributed by atoms with Crippen molar-refractivity contribution in [2.45, 2.75) is 193 Å². The third-order valence-corrected chi connectivity index (χ3v) is 11.9. The average molecular weight is 1010 g/mol. The van der Waals surface area contributed by atoms with Gasteiger partial charge >= 0.3 is 11.9 Å². The maximum Gasteiger partial charge on any atom is 0.306 e. The van der Waals surface area contributed by atoms with E-state index in [1.54, 1.807) is 0 Å². The molecule has 2 unspecified atom stereocenters. The summed E-state index contributed by atoms with van der Waals surface area (Å²) in [5.41, 5.74) is 0. The number of rotatable bonds is 48. The SMILES string of the molecule is CC/C=C\C/C=C\C/C=C\C/C=C\C/C=C\C/C=C\C/C=C\C/C=C\C/C=C\C/C=C\C/C=C\CCCCCCCC(=O)OC(COC(=O)CCCCCCCCCC)COP(=O)([O-])OCC[N+](C)(C)C. The van der Waals surface area contributed by atoms with E-state index in [1.165, 1.54) is 25.7 Å². The number of likely N-dealkylation sites (N-methyl/N-ethyl adjacent to an activating group) is 1. The number of esters is 2. The Hall–Kier alpha value is -3.85. The summed E-state index contributed by atoms with van der Waals surface area (Å²) in [6.45, 7) is 4.03. The first-order valence-electron chi connectivity index (χ1n) is 27.4. The number of carbonyl (C=O) groups excluding carboxylic acids is 2. The van der Waals surface area contributed by atoms with Crippen LogP contribution in [0.5, 0.6) is 0 Å². The van der Waals surface area contributed by atoms with Crippen molar-refractivity contribution in [1.29, 1.82) is 0 Å². The zero-order chi connectivity index (χ0) is 52.0. The summed E-state index contributed by atoms with van der Waals surface area (Å²) in [5.74, 6) is -0.871. The molecule has 0 saturated carbocycles. The maximum absolute atomic E-state index is 12.7. The first-order chi connectivity index (χ1) is 34.5. The number of carbonyl (C=O) groups is 2. The lowest BCUT2D eigenvalue weighted by atomic mass is 10.1. The summed E-state index contributed by atoms with van der Waals surface area (Å²) in [7, 11) is 1.13. The number of quaternary nitrogens is 1. The van der Waals surface area contributed by atoms with Crippen LogP contribution in [0.25, 0.3) is 0 Å². The molecule has 0 rings (SSSR count). The number of phosphoric acid groups is 1. The molecule has 0 fully saturated rings. The van der Waals surface area contributed by atoms with Gasteiger partial charge < -0.3 is 27.9 Å². The fourth-order valence-corrected chi connectivity index (χ4v) is 7.45. The van der Waals surface area contributed by atoms with Gasteiger partial charge in [-0.1, -0.05) is 212 Å². The molecule has 9 nitrogen and oxygen atoms in total. The smallest absolute Gasteiger partial charge is 0.306 e. The van der Waals surface area contributed by atoms with Gasteiger partial charge in [0.05, 0.1) is 27.7 Å². The van der Waals surface area contributed by atoms with Crippen LogP contribution in [0, 0.1) is 0 Å². The number of allylic oxidation sites excluding steroid dienone is 22. The van der Waals surface area contributed by atoms with E-state index in [2.05, 4.69) is 148 Å². The standard InChI is InChI=1S/C61H100NO8P/c1-6-8-10-12-14-16-17-18-19-20-21-22-23-24-25-26-27-28-29-30-31-32-33-34-35-36-37-38-39-40-41-42-43-44-45-46-48-50-52-54-61(64)70-59(58-69-71(65,66)68-56-55-62(3,4)5)57-67-60(63)53-51-49-47-15-13-11-9-7-2/h8,10,14,16,18-19,21-22,24-25,27-28,30-31,33-34,36-37,39-40,42-43,59H,6-7,9,11-13,15,17,20,23,26,29,32,35,38,41,44-58H2,1-5H3/b10-8-,16-14-,19-18-,22-21-,25-24-,28-27-,31-30-,34-33-,37-36-,40-39-,43-42-. The number of phosphoric ester groups is 1. The molecule has 0 aromatic heterocycles. The molecule has 10 heteroatoms. The van der Waals surface area contributed by atoms with E-state index < -0.39 is 32.5 Å². The molecule has 0 saturated heterocycles. The van der Waals surface area contributed by atoms with Crippen LogP contribution in [0.3, 0.4) is 0 Å². The van der Waals surface area contributed by atoms with Crippen LogP contribution >= 0.6 is 7.82 Å². The topological polar surface area (TPSA) is 111 Å². The summed E-state index contributed by atoms with van der Waals surface area (Å²) in [5, 5.41) is 0. The molecule has 0 aliphatic heterocycles. The van der Waals surface area contributed by atoms with Gasteiger partial charge in [0.2, 0.25) is 0 Å². The lowest BCUT2D eigenvalue weighted by molar-refractivity contribution is -0.870. The van der Waals surface area contributed by atoms with Crippen LogP contribution in [-0.2, 0) is 32.7 Å². The van der Waals surface area contributed by atoms with Crippen molar-refractivity contribution in [1.82, 2.24) is 0 Å². The molecule has 0 aromatic rings. The Labute approximate surface area is 434 Å². The van der Waals surface area contributed by atoms with Crippen molar-refractivity contribution >= 4 is 19.8 Å². The molecular weight excluding hydrogens is 906 g/mol. The molecule has 0 radical (unpaired) electrons. The van der Waals surface area contributed by atoms with Crippen molar-refractivity contribution in [3.8, 4) is 0 Å². The number of hydrogen-bond acceptors (Lipinski definition) is 8. The second-order valence-corrected chi connectivity index (χ2v) is 20.3. The quantitative estimate of drug-likeness (QED) is 0.0195.